The molecule has 0 unspecified atom stereocenters. The predicted molar refractivity (Wildman–Crippen MR) is 230 cm³/mol. The second kappa shape index (κ2) is 19.5. The number of nitrogens with two attached hydrogens (primary N) is 1. The van der Waals surface area contributed by atoms with E-state index in [1.165, 1.54) is 4.57 Å². The van der Waals surface area contributed by atoms with Crippen LogP contribution in [0.15, 0.2) is 97.2 Å². The van der Waals surface area contributed by atoms with Gasteiger partial charge < -0.3 is 41.6 Å². The van der Waals surface area contributed by atoms with Gasteiger partial charge in [0.1, 0.15) is 24.4 Å². The van der Waals surface area contributed by atoms with Gasteiger partial charge in [-0.25, -0.2) is 14.2 Å². The molecule has 16 nitrogen and oxygen atoms in total. The van der Waals surface area contributed by atoms with Crippen LogP contribution in [0.2, 0.25) is 0 Å². The van der Waals surface area contributed by atoms with Crippen molar-refractivity contribution in [3.63, 3.8) is 0 Å². The van der Waals surface area contributed by atoms with Crippen LogP contribution < -0.4 is 31.7 Å². The van der Waals surface area contributed by atoms with Crippen molar-refractivity contribution in [1.82, 2.24) is 25.5 Å². The summed E-state index contributed by atoms with van der Waals surface area (Å²) >= 11 is 0. The van der Waals surface area contributed by atoms with Gasteiger partial charge in [-0.3, -0.25) is 24.2 Å². The summed E-state index contributed by atoms with van der Waals surface area (Å²) in [7, 11) is 1.58. The molecule has 61 heavy (non-hydrogen) atoms. The molecule has 0 spiro atoms. The lowest BCUT2D eigenvalue weighted by atomic mass is 10.0. The van der Waals surface area contributed by atoms with E-state index in [9.17, 15) is 28.8 Å². The molecule has 0 saturated heterocycles. The fourth-order valence-electron chi connectivity index (χ4n) is 7.06. The van der Waals surface area contributed by atoms with Crippen LogP contribution >= 0.6 is 0 Å². The largest absolute Gasteiger partial charge is 0.497 e. The summed E-state index contributed by atoms with van der Waals surface area (Å²) in [5.41, 5.74) is 8.85. The molecule has 0 radical (unpaired) electrons. The van der Waals surface area contributed by atoms with E-state index in [0.717, 1.165) is 27.1 Å². The third-order valence-electron chi connectivity index (χ3n) is 10.1. The van der Waals surface area contributed by atoms with E-state index < -0.39 is 60.2 Å². The molecule has 0 aliphatic heterocycles. The zero-order valence-electron chi connectivity index (χ0n) is 33.9. The highest BCUT2D eigenvalue weighted by molar-refractivity contribution is 6.17. The number of nitrogens with zero attached hydrogens (tertiary/aromatic N) is 2. The van der Waals surface area contributed by atoms with Crippen molar-refractivity contribution in [2.24, 2.45) is 11.7 Å². The Morgan fingerprint density at radius 3 is 2.31 bits per heavy atom. The van der Waals surface area contributed by atoms with Crippen LogP contribution in [0.1, 0.15) is 45.1 Å². The summed E-state index contributed by atoms with van der Waals surface area (Å²) in [6.45, 7) is 3.45. The average Bonchev–Trinajstić information content (AvgIpc) is 3.59. The van der Waals surface area contributed by atoms with Crippen molar-refractivity contribution >= 4 is 74.1 Å². The van der Waals surface area contributed by atoms with Crippen molar-refractivity contribution in [3.8, 4) is 17.0 Å². The first-order chi connectivity index (χ1) is 29.3. The number of nitrogens with one attached hydrogen (secondary N) is 4. The monoisotopic (exact) mass is 829 g/mol. The highest BCUT2D eigenvalue weighted by atomic mass is 16.5. The Morgan fingerprint density at radius 2 is 1.59 bits per heavy atom. The first-order valence-electron chi connectivity index (χ1n) is 19.7. The van der Waals surface area contributed by atoms with E-state index >= 15 is 0 Å². The molecule has 0 bridgehead atoms. The third-order valence-corrected chi connectivity index (χ3v) is 10.1. The molecule has 2 aromatic heterocycles. The number of carbonyl (C=O) groups excluding carboxylic acids is 5. The number of benzene rings is 4. The van der Waals surface area contributed by atoms with Crippen LogP contribution in [0.5, 0.6) is 5.75 Å². The van der Waals surface area contributed by atoms with Gasteiger partial charge in [0.25, 0.3) is 0 Å². The van der Waals surface area contributed by atoms with E-state index in [4.69, 9.17) is 25.3 Å². The summed E-state index contributed by atoms with van der Waals surface area (Å²) in [6.07, 6.45) is 0.767. The average molecular weight is 830 g/mol. The second-order valence-electron chi connectivity index (χ2n) is 14.7. The summed E-state index contributed by atoms with van der Waals surface area (Å²) in [4.78, 5) is 80.4. The fraction of sp³-hybridized carbons (Fsp3) is 0.267. The smallest absolute Gasteiger partial charge is 0.419 e. The minimum atomic E-state index is -1.15. The van der Waals surface area contributed by atoms with Crippen molar-refractivity contribution in [2.45, 2.75) is 58.2 Å². The molecule has 4 aromatic carbocycles. The van der Waals surface area contributed by atoms with E-state index in [0.29, 0.717) is 33.7 Å². The molecule has 6 aromatic rings. The Bertz CT molecular complexity index is 2600. The van der Waals surface area contributed by atoms with Gasteiger partial charge in [-0.05, 0) is 71.5 Å². The van der Waals surface area contributed by atoms with Gasteiger partial charge in [0.15, 0.2) is 0 Å². The predicted octanol–water partition coefficient (Wildman–Crippen LogP) is 6.08. The molecular formula is C45H47N7O9. The summed E-state index contributed by atoms with van der Waals surface area (Å²) in [5.74, 6) is -2.74. The zero-order chi connectivity index (χ0) is 43.6. The van der Waals surface area contributed by atoms with Gasteiger partial charge in [-0.2, -0.15) is 0 Å². The number of hydrogen-bond acceptors (Lipinski definition) is 9. The van der Waals surface area contributed by atoms with Crippen LogP contribution in [-0.4, -0.2) is 76.2 Å². The quantitative estimate of drug-likeness (QED) is 0.0580. The van der Waals surface area contributed by atoms with Crippen molar-refractivity contribution in [2.75, 3.05) is 19.0 Å². The van der Waals surface area contributed by atoms with Crippen LogP contribution in [0, 0.1) is 5.92 Å². The molecule has 5 amide bonds. The van der Waals surface area contributed by atoms with Crippen LogP contribution in [0.3, 0.4) is 0 Å². The van der Waals surface area contributed by atoms with E-state index in [1.54, 1.807) is 57.5 Å². The minimum Gasteiger partial charge on any atom is -0.497 e. The number of hydrogen-bond donors (Lipinski definition) is 6. The molecule has 0 saturated carbocycles. The molecule has 0 aliphatic carbocycles. The van der Waals surface area contributed by atoms with Crippen molar-refractivity contribution in [3.05, 3.63) is 103 Å². The van der Waals surface area contributed by atoms with Gasteiger partial charge >= 0.3 is 18.1 Å². The first-order valence-corrected chi connectivity index (χ1v) is 19.7. The number of carbonyl (C=O) groups is 6. The number of methoxy groups -OCH3 is 1. The number of ether oxygens (including phenoxy) is 2. The summed E-state index contributed by atoms with van der Waals surface area (Å²) in [5, 5.41) is 23.0. The Hall–Kier alpha value is -7.49. The maximum atomic E-state index is 14.2. The summed E-state index contributed by atoms with van der Waals surface area (Å²) in [6, 6.07) is 25.0. The number of fused-ring (bicyclic) bond motifs is 4. The van der Waals surface area contributed by atoms with Gasteiger partial charge in [0, 0.05) is 41.2 Å². The number of aromatic nitrogens is 2. The zero-order valence-corrected chi connectivity index (χ0v) is 33.9. The number of aliphatic carboxylic acids is 1. The Balaban J connectivity index is 1.19. The number of amides is 5. The molecule has 6 rings (SSSR count). The van der Waals surface area contributed by atoms with E-state index in [1.807, 2.05) is 60.7 Å². The highest BCUT2D eigenvalue weighted by Gasteiger charge is 2.29. The molecule has 2 atom stereocenters. The van der Waals surface area contributed by atoms with Gasteiger partial charge in [0.05, 0.1) is 30.3 Å². The minimum absolute atomic E-state index is 0.103. The summed E-state index contributed by atoms with van der Waals surface area (Å²) < 4.78 is 13.0. The molecular weight excluding hydrogens is 783 g/mol. The molecule has 0 fully saturated rings. The van der Waals surface area contributed by atoms with Crippen LogP contribution in [0.4, 0.5) is 15.3 Å². The standard InChI is InChI=1S/C45H47N7O9/c1-26(2)39(51-37(53)19-20-38(54)55)43(57)50-35(12-7-22-48-44(46)58)42(56)49-29-15-13-27(14-16-29)25-61-45(59)52-36-18-17-30(60-3)24-34(36)33-21-23-47-40(41(33)52)32-11-6-9-28-8-4-5-10-31(28)32/h4-6,8-11,13-18,21,23-24,26,35,39H,7,12,19-20,22,25H2,1-3H3,(H,49,56)(H,50,57)(H,51,53)(H,54,55)(H3,46,48,58)/t35-,39-/m0/s1. The Morgan fingerprint density at radius 1 is 0.836 bits per heavy atom. The molecule has 0 aliphatic rings. The number of pyridine rings is 1. The number of carboxylic acid groups (broad SMARTS) is 1. The molecule has 16 heteroatoms. The van der Waals surface area contributed by atoms with Crippen LogP contribution in [-0.2, 0) is 30.5 Å². The number of urea groups is 1. The fourth-order valence-corrected chi connectivity index (χ4v) is 7.06. The van der Waals surface area contributed by atoms with Gasteiger partial charge in [0.2, 0.25) is 17.7 Å². The first kappa shape index (κ1) is 43.1. The molecule has 316 valence electrons. The van der Waals surface area contributed by atoms with E-state index in [2.05, 4.69) is 21.3 Å². The van der Waals surface area contributed by atoms with Gasteiger partial charge in [-0.1, -0.05) is 68.4 Å². The molecule has 2 heterocycles. The number of carboxylic acids is 1. The second-order valence-corrected chi connectivity index (χ2v) is 14.7. The lowest BCUT2D eigenvalue weighted by Crippen LogP contribution is -2.54. The van der Waals surface area contributed by atoms with Crippen molar-refractivity contribution in [1.29, 1.82) is 0 Å². The Labute approximate surface area is 350 Å². The van der Waals surface area contributed by atoms with E-state index in [-0.39, 0.29) is 32.4 Å². The Kier molecular flexibility index (Phi) is 13.8. The highest BCUT2D eigenvalue weighted by Crippen LogP contribution is 2.38. The number of rotatable bonds is 17. The number of primary amides is 1. The van der Waals surface area contributed by atoms with Crippen molar-refractivity contribution < 1.29 is 43.3 Å². The third kappa shape index (κ3) is 10.4. The SMILES string of the molecule is COc1ccc2c(c1)c1ccnc(-c3cccc4ccccc34)c1n2C(=O)OCc1ccc(NC(=O)[C@H](CCCNC(N)=O)NC(=O)[C@@H](NC(=O)CCC(=O)O)C(C)C)cc1. The topological polar surface area (TPSA) is 233 Å². The maximum Gasteiger partial charge on any atom is 0.419 e. The maximum absolute atomic E-state index is 14.2. The molecule has 7 N–H and O–H groups in total. The van der Waals surface area contributed by atoms with Gasteiger partial charge in [-0.15, -0.1) is 0 Å². The lowest BCUT2D eigenvalue weighted by Gasteiger charge is -2.25. The van der Waals surface area contributed by atoms with Crippen LogP contribution in [0.25, 0.3) is 43.8 Å². The normalized spacial score (nSPS) is 12.1. The lowest BCUT2D eigenvalue weighted by molar-refractivity contribution is -0.139. The number of anilines is 1.